The van der Waals surface area contributed by atoms with Gasteiger partial charge in [-0.15, -0.1) is 0 Å². The third-order valence-corrected chi connectivity index (χ3v) is 5.42. The topological polar surface area (TPSA) is 101 Å². The Balaban J connectivity index is 3.46. The molecule has 180 valence electrons. The van der Waals surface area contributed by atoms with Crippen LogP contribution < -0.4 is 0 Å². The van der Waals surface area contributed by atoms with Crippen LogP contribution in [0.25, 0.3) is 0 Å². The summed E-state index contributed by atoms with van der Waals surface area (Å²) < 4.78 is 33.6. The maximum Gasteiger partial charge on any atom is 0.399 e. The van der Waals surface area contributed by atoms with Crippen LogP contribution in [0.4, 0.5) is 0 Å². The lowest BCUT2D eigenvalue weighted by atomic mass is 10.0. The molecule has 1 atom stereocenters. The van der Waals surface area contributed by atoms with Crippen molar-refractivity contribution >= 4 is 16.4 Å². The minimum Gasteiger partial charge on any atom is -0.479 e. The highest BCUT2D eigenvalue weighted by Crippen LogP contribution is 2.12. The molecule has 0 bridgehead atoms. The van der Waals surface area contributed by atoms with Crippen LogP contribution in [0.15, 0.2) is 12.2 Å². The van der Waals surface area contributed by atoms with Gasteiger partial charge in [-0.1, -0.05) is 102 Å². The highest BCUT2D eigenvalue weighted by atomic mass is 32.3. The van der Waals surface area contributed by atoms with Gasteiger partial charge in [-0.3, -0.25) is 4.55 Å². The van der Waals surface area contributed by atoms with E-state index in [4.69, 9.17) is 9.66 Å². The average molecular weight is 459 g/mol. The van der Waals surface area contributed by atoms with E-state index in [2.05, 4.69) is 35.1 Å². The number of carboxylic acids is 1. The standard InChI is InChI=1S/C24H42O6S/c1-2-3-4-5-6-7-8-9-10-11-12-13-14-15-16-17-18-19-20-21-22-23(24(25)26)30-31(27,28)29/h7-8,23H,2-6,9-20H2,1H3,(H,25,26)(H,27,28,29)/b8-7-. The minimum atomic E-state index is -4.83. The third-order valence-electron chi connectivity index (χ3n) is 4.99. The molecule has 0 heterocycles. The second-order valence-electron chi connectivity index (χ2n) is 7.96. The summed E-state index contributed by atoms with van der Waals surface area (Å²) in [6, 6.07) is 0. The predicted octanol–water partition coefficient (Wildman–Crippen LogP) is 6.47. The van der Waals surface area contributed by atoms with Crippen molar-refractivity contribution in [2.75, 3.05) is 0 Å². The molecule has 0 aliphatic heterocycles. The molecule has 0 fully saturated rings. The molecular formula is C24H42O6S. The third kappa shape index (κ3) is 23.1. The van der Waals surface area contributed by atoms with Crippen molar-refractivity contribution in [3.63, 3.8) is 0 Å². The molecule has 0 aliphatic rings. The lowest BCUT2D eigenvalue weighted by Crippen LogP contribution is -2.25. The smallest absolute Gasteiger partial charge is 0.399 e. The Kier molecular flexibility index (Phi) is 19.6. The van der Waals surface area contributed by atoms with Gasteiger partial charge in [-0.05, 0) is 32.1 Å². The van der Waals surface area contributed by atoms with Gasteiger partial charge in [0.25, 0.3) is 0 Å². The van der Waals surface area contributed by atoms with E-state index in [-0.39, 0.29) is 0 Å². The fourth-order valence-corrected chi connectivity index (χ4v) is 3.60. The Labute approximate surface area is 189 Å². The van der Waals surface area contributed by atoms with Crippen molar-refractivity contribution < 1.29 is 27.1 Å². The zero-order valence-corrected chi connectivity index (χ0v) is 20.0. The minimum absolute atomic E-state index is 0.478. The van der Waals surface area contributed by atoms with Gasteiger partial charge < -0.3 is 5.11 Å². The van der Waals surface area contributed by atoms with Gasteiger partial charge >= 0.3 is 16.4 Å². The van der Waals surface area contributed by atoms with Crippen molar-refractivity contribution in [2.24, 2.45) is 0 Å². The molecule has 0 radical (unpaired) electrons. The van der Waals surface area contributed by atoms with E-state index < -0.39 is 22.5 Å². The van der Waals surface area contributed by atoms with Crippen LogP contribution in [0.3, 0.4) is 0 Å². The molecule has 0 rings (SSSR count). The Morgan fingerprint density at radius 1 is 0.839 bits per heavy atom. The summed E-state index contributed by atoms with van der Waals surface area (Å²) in [5, 5.41) is 8.79. The lowest BCUT2D eigenvalue weighted by Gasteiger charge is -2.03. The van der Waals surface area contributed by atoms with Crippen LogP contribution in [0.5, 0.6) is 0 Å². The molecule has 0 aromatic rings. The van der Waals surface area contributed by atoms with E-state index in [0.29, 0.717) is 6.42 Å². The summed E-state index contributed by atoms with van der Waals surface area (Å²) >= 11 is 0. The molecule has 31 heavy (non-hydrogen) atoms. The molecule has 0 saturated heterocycles. The first kappa shape index (κ1) is 29.6. The molecule has 0 aromatic heterocycles. The zero-order valence-electron chi connectivity index (χ0n) is 19.2. The van der Waals surface area contributed by atoms with Gasteiger partial charge in [-0.25, -0.2) is 8.98 Å². The normalized spacial score (nSPS) is 12.6. The number of carboxylic acid groups (broad SMARTS) is 1. The summed E-state index contributed by atoms with van der Waals surface area (Å²) in [6.45, 7) is 2.24. The first-order valence-electron chi connectivity index (χ1n) is 11.9. The Bertz CT molecular complexity index is 630. The quantitative estimate of drug-likeness (QED) is 0.0938. The van der Waals surface area contributed by atoms with E-state index in [1.165, 1.54) is 83.5 Å². The molecule has 0 aliphatic carbocycles. The second-order valence-corrected chi connectivity index (χ2v) is 9.01. The molecule has 0 saturated carbocycles. The predicted molar refractivity (Wildman–Crippen MR) is 125 cm³/mol. The molecule has 0 aromatic carbocycles. The largest absolute Gasteiger partial charge is 0.479 e. The van der Waals surface area contributed by atoms with Gasteiger partial charge in [0.15, 0.2) is 0 Å². The van der Waals surface area contributed by atoms with E-state index in [9.17, 15) is 13.2 Å². The van der Waals surface area contributed by atoms with E-state index in [0.717, 1.165) is 19.3 Å². The number of allylic oxidation sites excluding steroid dienone is 2. The van der Waals surface area contributed by atoms with Crippen molar-refractivity contribution in [1.29, 1.82) is 0 Å². The van der Waals surface area contributed by atoms with Gasteiger partial charge in [0.2, 0.25) is 6.10 Å². The van der Waals surface area contributed by atoms with Crippen molar-refractivity contribution in [2.45, 2.75) is 122 Å². The molecule has 0 amide bonds. The van der Waals surface area contributed by atoms with Gasteiger partial charge in [0.1, 0.15) is 0 Å². The zero-order chi connectivity index (χ0) is 23.2. The van der Waals surface area contributed by atoms with Crippen molar-refractivity contribution in [1.82, 2.24) is 0 Å². The fourth-order valence-electron chi connectivity index (χ4n) is 3.23. The van der Waals surface area contributed by atoms with Crippen molar-refractivity contribution in [3.8, 4) is 11.8 Å². The van der Waals surface area contributed by atoms with E-state index >= 15 is 0 Å². The number of unbranched alkanes of at least 4 members (excludes halogenated alkanes) is 15. The second kappa shape index (κ2) is 20.5. The van der Waals surface area contributed by atoms with Gasteiger partial charge in [-0.2, -0.15) is 8.42 Å². The number of hydrogen-bond acceptors (Lipinski definition) is 4. The molecular weight excluding hydrogens is 416 g/mol. The number of rotatable bonds is 20. The van der Waals surface area contributed by atoms with Crippen LogP contribution in [0.1, 0.15) is 116 Å². The summed E-state index contributed by atoms with van der Waals surface area (Å²) in [7, 11) is -4.83. The Hall–Kier alpha value is -1.36. The molecule has 0 spiro atoms. The van der Waals surface area contributed by atoms with Crippen LogP contribution in [-0.4, -0.2) is 30.2 Å². The molecule has 7 heteroatoms. The number of carbonyl (C=O) groups is 1. The fraction of sp³-hybridized carbons (Fsp3) is 0.792. The van der Waals surface area contributed by atoms with E-state index in [1.807, 2.05) is 0 Å². The first-order chi connectivity index (χ1) is 14.9. The maximum absolute atomic E-state index is 10.8. The highest BCUT2D eigenvalue weighted by Gasteiger charge is 2.21. The molecule has 2 N–H and O–H groups in total. The summed E-state index contributed by atoms with van der Waals surface area (Å²) in [4.78, 5) is 10.8. The number of aliphatic carboxylic acids is 1. The summed E-state index contributed by atoms with van der Waals surface area (Å²) in [5.41, 5.74) is 0. The monoisotopic (exact) mass is 458 g/mol. The van der Waals surface area contributed by atoms with Crippen LogP contribution in [-0.2, 0) is 19.4 Å². The highest BCUT2D eigenvalue weighted by molar-refractivity contribution is 7.80. The van der Waals surface area contributed by atoms with Crippen LogP contribution >= 0.6 is 0 Å². The van der Waals surface area contributed by atoms with Crippen LogP contribution in [0, 0.1) is 11.8 Å². The summed E-state index contributed by atoms with van der Waals surface area (Å²) in [6.07, 6.45) is 23.0. The van der Waals surface area contributed by atoms with Gasteiger partial charge in [0.05, 0.1) is 0 Å². The average Bonchev–Trinajstić information content (AvgIpc) is 2.70. The lowest BCUT2D eigenvalue weighted by molar-refractivity contribution is -0.142. The Morgan fingerprint density at radius 2 is 1.29 bits per heavy atom. The SMILES string of the molecule is CCCCCC/C=C\CCCCCCCCCCCCC#CC(OS(=O)(=O)O)C(=O)O. The molecule has 1 unspecified atom stereocenters. The summed E-state index contributed by atoms with van der Waals surface area (Å²) in [5.74, 6) is 3.28. The first-order valence-corrected chi connectivity index (χ1v) is 13.2. The Morgan fingerprint density at radius 3 is 1.74 bits per heavy atom. The molecule has 6 nitrogen and oxygen atoms in total. The maximum atomic E-state index is 10.8. The van der Waals surface area contributed by atoms with E-state index in [1.54, 1.807) is 0 Å². The van der Waals surface area contributed by atoms with Crippen molar-refractivity contribution in [3.05, 3.63) is 12.2 Å². The number of hydrogen-bond donors (Lipinski definition) is 2. The van der Waals surface area contributed by atoms with Gasteiger partial charge in [0, 0.05) is 6.42 Å². The van der Waals surface area contributed by atoms with Crippen LogP contribution in [0.2, 0.25) is 0 Å².